The van der Waals surface area contributed by atoms with Gasteiger partial charge in [-0.2, -0.15) is 0 Å². The highest BCUT2D eigenvalue weighted by Crippen LogP contribution is 2.77. The Morgan fingerprint density at radius 3 is 1.75 bits per heavy atom. The molecule has 0 aromatic carbocycles. The van der Waals surface area contributed by atoms with Crippen LogP contribution in [0.2, 0.25) is 0 Å². The van der Waals surface area contributed by atoms with Crippen molar-refractivity contribution in [3.8, 4) is 0 Å². The molecule has 10 unspecified atom stereocenters. The van der Waals surface area contributed by atoms with Crippen LogP contribution in [0, 0.1) is 47.3 Å². The first kappa shape index (κ1) is 13.5. The van der Waals surface area contributed by atoms with E-state index < -0.39 is 8.53 Å². The Balaban J connectivity index is 1.13. The van der Waals surface area contributed by atoms with E-state index >= 15 is 0 Å². The summed E-state index contributed by atoms with van der Waals surface area (Å²) in [5.41, 5.74) is 0.446. The predicted octanol–water partition coefficient (Wildman–Crippen LogP) is 4.19. The Bertz CT molecular complexity index is 569. The summed E-state index contributed by atoms with van der Waals surface area (Å²) in [5.74, 6) is 7.63. The summed E-state index contributed by atoms with van der Waals surface area (Å²) in [7, 11) is -0.730. The van der Waals surface area contributed by atoms with Gasteiger partial charge in [-0.05, 0) is 98.7 Å². The van der Waals surface area contributed by atoms with Crippen LogP contribution in [0.4, 0.5) is 0 Å². The Hall–Kier alpha value is 0.310. The first-order valence-corrected chi connectivity index (χ1v) is 11.8. The third-order valence-corrected chi connectivity index (χ3v) is 12.2. The van der Waals surface area contributed by atoms with Crippen molar-refractivity contribution in [2.24, 2.45) is 47.3 Å². The summed E-state index contributed by atoms with van der Waals surface area (Å²) in [4.78, 5) is 0. The Morgan fingerprint density at radius 2 is 1.25 bits per heavy atom. The number of fused-ring (bicyclic) bond motifs is 7. The van der Waals surface area contributed by atoms with E-state index in [0.717, 1.165) is 47.3 Å². The molecule has 2 heterocycles. The van der Waals surface area contributed by atoms with Crippen molar-refractivity contribution >= 4 is 8.53 Å². The van der Waals surface area contributed by atoms with Gasteiger partial charge >= 0.3 is 0 Å². The van der Waals surface area contributed by atoms with Crippen molar-refractivity contribution in [2.75, 3.05) is 13.1 Å². The predicted molar refractivity (Wildman–Crippen MR) is 91.0 cm³/mol. The van der Waals surface area contributed by atoms with Gasteiger partial charge in [-0.25, -0.2) is 4.67 Å². The van der Waals surface area contributed by atoms with E-state index in [1.165, 1.54) is 64.5 Å². The van der Waals surface area contributed by atoms with E-state index in [1.54, 1.807) is 0 Å². The standard InChI is InChI=1S/C20H28NO2P/c1-3-17-15-7-13(5-11(1)15)19(17)9-21-10-20(23-24(21)22-19)14-6-12-2-4-18(20)16(12)8-14/h11-18H,1-10H2. The van der Waals surface area contributed by atoms with Gasteiger partial charge in [-0.1, -0.05) is 0 Å². The van der Waals surface area contributed by atoms with Gasteiger partial charge in [0.25, 0.3) is 8.53 Å². The molecular formula is C20H28NO2P. The zero-order valence-electron chi connectivity index (χ0n) is 14.4. The van der Waals surface area contributed by atoms with Crippen LogP contribution in [0.1, 0.15) is 51.4 Å². The highest BCUT2D eigenvalue weighted by molar-refractivity contribution is 7.45. The van der Waals surface area contributed by atoms with Crippen LogP contribution < -0.4 is 0 Å². The van der Waals surface area contributed by atoms with E-state index in [4.69, 9.17) is 9.05 Å². The molecule has 24 heavy (non-hydrogen) atoms. The first-order chi connectivity index (χ1) is 11.8. The highest BCUT2D eigenvalue weighted by atomic mass is 31.2. The Labute approximate surface area is 145 Å². The lowest BCUT2D eigenvalue weighted by Gasteiger charge is -2.42. The second kappa shape index (κ2) is 3.93. The van der Waals surface area contributed by atoms with Gasteiger partial charge in [0.05, 0.1) is 11.2 Å². The maximum absolute atomic E-state index is 6.97. The molecule has 0 aromatic heterocycles. The maximum atomic E-state index is 6.97. The largest absolute Gasteiger partial charge is 0.313 e. The molecule has 8 rings (SSSR count). The van der Waals surface area contributed by atoms with Crippen LogP contribution >= 0.6 is 8.53 Å². The molecule has 2 saturated heterocycles. The summed E-state index contributed by atoms with van der Waals surface area (Å²) in [6.45, 7) is 2.46. The quantitative estimate of drug-likeness (QED) is 0.615. The van der Waals surface area contributed by atoms with Crippen molar-refractivity contribution in [3.05, 3.63) is 0 Å². The smallest absolute Gasteiger partial charge is 0.260 e. The molecule has 2 spiro atoms. The van der Waals surface area contributed by atoms with Crippen LogP contribution in [0.15, 0.2) is 0 Å². The van der Waals surface area contributed by atoms with Gasteiger partial charge in [0.2, 0.25) is 0 Å². The average molecular weight is 345 g/mol. The van der Waals surface area contributed by atoms with E-state index in [9.17, 15) is 0 Å². The molecule has 8 aliphatic rings. The molecular weight excluding hydrogens is 317 g/mol. The number of rotatable bonds is 0. The van der Waals surface area contributed by atoms with E-state index in [0.29, 0.717) is 0 Å². The first-order valence-electron chi connectivity index (χ1n) is 10.7. The summed E-state index contributed by atoms with van der Waals surface area (Å²) in [6, 6.07) is 0. The zero-order chi connectivity index (χ0) is 15.3. The maximum Gasteiger partial charge on any atom is 0.260 e. The highest BCUT2D eigenvalue weighted by Gasteiger charge is 2.74. The van der Waals surface area contributed by atoms with Crippen molar-refractivity contribution in [1.29, 1.82) is 0 Å². The van der Waals surface area contributed by atoms with Crippen LogP contribution in [-0.2, 0) is 9.05 Å². The molecule has 130 valence electrons. The normalized spacial score (nSPS) is 70.8. The Kier molecular flexibility index (Phi) is 2.21. The number of hydrogen-bond acceptors (Lipinski definition) is 3. The third kappa shape index (κ3) is 1.24. The summed E-state index contributed by atoms with van der Waals surface area (Å²) < 4.78 is 16.7. The fourth-order valence-electron chi connectivity index (χ4n) is 9.80. The lowest BCUT2D eigenvalue weighted by molar-refractivity contribution is -0.0572. The average Bonchev–Trinajstić information content (AvgIpc) is 3.31. The van der Waals surface area contributed by atoms with Crippen molar-refractivity contribution < 1.29 is 9.05 Å². The van der Waals surface area contributed by atoms with Gasteiger partial charge in [0.1, 0.15) is 0 Å². The molecule has 0 N–H and O–H groups in total. The van der Waals surface area contributed by atoms with Crippen LogP contribution in [0.3, 0.4) is 0 Å². The molecule has 8 fully saturated rings. The monoisotopic (exact) mass is 345 g/mol. The van der Waals surface area contributed by atoms with Crippen molar-refractivity contribution in [2.45, 2.75) is 62.6 Å². The molecule has 6 saturated carbocycles. The van der Waals surface area contributed by atoms with E-state index in [-0.39, 0.29) is 11.2 Å². The van der Waals surface area contributed by atoms with Crippen molar-refractivity contribution in [3.63, 3.8) is 0 Å². The molecule has 3 nitrogen and oxygen atoms in total. The summed E-state index contributed by atoms with van der Waals surface area (Å²) in [6.07, 6.45) is 11.8. The minimum absolute atomic E-state index is 0.223. The molecule has 4 heteroatoms. The second-order valence-corrected chi connectivity index (χ2v) is 12.1. The van der Waals surface area contributed by atoms with Gasteiger partial charge in [-0.3, -0.25) is 0 Å². The molecule has 0 aromatic rings. The summed E-state index contributed by atoms with van der Waals surface area (Å²) in [5, 5.41) is 0. The third-order valence-electron chi connectivity index (χ3n) is 10.5. The molecule has 2 aliphatic heterocycles. The zero-order valence-corrected chi connectivity index (χ0v) is 15.3. The molecule has 4 bridgehead atoms. The lowest BCUT2D eigenvalue weighted by atomic mass is 9.74. The minimum Gasteiger partial charge on any atom is -0.313 e. The summed E-state index contributed by atoms with van der Waals surface area (Å²) >= 11 is 0. The fourth-order valence-corrected chi connectivity index (χ4v) is 12.0. The number of nitrogens with zero attached hydrogens (tertiary/aromatic N) is 1. The number of hydrogen-bond donors (Lipinski definition) is 0. The van der Waals surface area contributed by atoms with Gasteiger partial charge < -0.3 is 9.05 Å². The van der Waals surface area contributed by atoms with Crippen LogP contribution in [-0.4, -0.2) is 29.0 Å². The van der Waals surface area contributed by atoms with Gasteiger partial charge in [0.15, 0.2) is 0 Å². The molecule has 10 atom stereocenters. The van der Waals surface area contributed by atoms with Gasteiger partial charge in [-0.15, -0.1) is 0 Å². The van der Waals surface area contributed by atoms with Crippen molar-refractivity contribution in [1.82, 2.24) is 4.67 Å². The topological polar surface area (TPSA) is 21.7 Å². The lowest BCUT2D eigenvalue weighted by Crippen LogP contribution is -2.51. The SMILES string of the molecule is C1CC2C3CC(CC13)C21CN2CC3(OP2O1)C1CC2CCC3C2C1. The molecule has 6 aliphatic carbocycles. The van der Waals surface area contributed by atoms with Crippen LogP contribution in [0.25, 0.3) is 0 Å². The van der Waals surface area contributed by atoms with E-state index in [1.807, 2.05) is 0 Å². The van der Waals surface area contributed by atoms with Crippen LogP contribution in [0.5, 0.6) is 0 Å². The Morgan fingerprint density at radius 1 is 0.708 bits per heavy atom. The van der Waals surface area contributed by atoms with E-state index in [2.05, 4.69) is 4.67 Å². The van der Waals surface area contributed by atoms with Gasteiger partial charge in [0, 0.05) is 13.1 Å². The molecule has 0 amide bonds. The fraction of sp³-hybridized carbons (Fsp3) is 1.00. The molecule has 0 radical (unpaired) electrons. The second-order valence-electron chi connectivity index (χ2n) is 10.7. The minimum atomic E-state index is -0.730.